The second-order valence-electron chi connectivity index (χ2n) is 4.25. The summed E-state index contributed by atoms with van der Waals surface area (Å²) in [6.07, 6.45) is 0. The Hall–Kier alpha value is -1.36. The van der Waals surface area contributed by atoms with Crippen LogP contribution in [-0.4, -0.2) is 31.6 Å². The molecule has 2 rings (SSSR count). The fourth-order valence-electron chi connectivity index (χ4n) is 1.84. The Morgan fingerprint density at radius 1 is 1.18 bits per heavy atom. The van der Waals surface area contributed by atoms with Gasteiger partial charge in [-0.2, -0.15) is 0 Å². The van der Waals surface area contributed by atoms with Crippen LogP contribution in [0.25, 0.3) is 0 Å². The van der Waals surface area contributed by atoms with Crippen molar-refractivity contribution in [3.63, 3.8) is 0 Å². The van der Waals surface area contributed by atoms with Gasteiger partial charge in [0, 0.05) is 0 Å². The minimum absolute atomic E-state index is 0.344. The van der Waals surface area contributed by atoms with Crippen molar-refractivity contribution < 1.29 is 8.42 Å². The lowest BCUT2D eigenvalue weighted by Gasteiger charge is -2.18. The molecule has 0 N–H and O–H groups in total. The van der Waals surface area contributed by atoms with Gasteiger partial charge < -0.3 is 0 Å². The Labute approximate surface area is 102 Å². The Kier molecular flexibility index (Phi) is 2.95. The van der Waals surface area contributed by atoms with Crippen LogP contribution in [-0.2, 0) is 10.0 Å². The lowest BCUT2D eigenvalue weighted by atomic mass is 10.1. The number of rotatable bonds is 2. The molecule has 1 aromatic rings. The normalized spacial score (nSPS) is 16.2. The molecule has 1 heterocycles. The molecule has 0 saturated heterocycles. The quantitative estimate of drug-likeness (QED) is 0.804. The van der Waals surface area contributed by atoms with E-state index < -0.39 is 10.0 Å². The Balaban J connectivity index is 2.45. The number of sulfonamides is 1. The van der Waals surface area contributed by atoms with E-state index in [-0.39, 0.29) is 0 Å². The van der Waals surface area contributed by atoms with Gasteiger partial charge in [0.25, 0.3) is 10.0 Å². The average molecular weight is 252 g/mol. The van der Waals surface area contributed by atoms with Gasteiger partial charge in [0.1, 0.15) is 5.84 Å². The third-order valence-electron chi connectivity index (χ3n) is 3.07. The molecule has 0 bridgehead atoms. The van der Waals surface area contributed by atoms with E-state index in [1.54, 1.807) is 19.1 Å². The lowest BCUT2D eigenvalue weighted by molar-refractivity contribution is 0.537. The van der Waals surface area contributed by atoms with Gasteiger partial charge in [-0.3, -0.25) is 9.30 Å². The zero-order chi connectivity index (χ0) is 12.6. The molecule has 0 saturated carbocycles. The van der Waals surface area contributed by atoms with Crippen molar-refractivity contribution in [3.05, 3.63) is 29.3 Å². The number of benzene rings is 1. The molecule has 0 unspecified atom stereocenters. The number of nitrogens with zero attached hydrogens (tertiary/aromatic N) is 2. The van der Waals surface area contributed by atoms with Gasteiger partial charge in [-0.05, 0) is 44.0 Å². The highest BCUT2D eigenvalue weighted by Gasteiger charge is 2.28. The maximum atomic E-state index is 12.4. The van der Waals surface area contributed by atoms with Gasteiger partial charge in [0.2, 0.25) is 0 Å². The number of hydrogen-bond acceptors (Lipinski definition) is 3. The van der Waals surface area contributed by atoms with Crippen LogP contribution in [0.5, 0.6) is 0 Å². The van der Waals surface area contributed by atoms with Gasteiger partial charge >= 0.3 is 0 Å². The van der Waals surface area contributed by atoms with Crippen LogP contribution in [0, 0.1) is 13.8 Å². The molecule has 0 spiro atoms. The van der Waals surface area contributed by atoms with Crippen molar-refractivity contribution in [2.24, 2.45) is 4.99 Å². The summed E-state index contributed by atoms with van der Waals surface area (Å²) in [5.41, 5.74) is 2.08. The molecule has 17 heavy (non-hydrogen) atoms. The highest BCUT2D eigenvalue weighted by molar-refractivity contribution is 7.89. The summed E-state index contributed by atoms with van der Waals surface area (Å²) in [6, 6.07) is 5.21. The van der Waals surface area contributed by atoms with E-state index in [0.29, 0.717) is 23.8 Å². The van der Waals surface area contributed by atoms with E-state index in [1.165, 1.54) is 4.31 Å². The molecular formula is C12H16N2O2S. The summed E-state index contributed by atoms with van der Waals surface area (Å²) in [7, 11) is -3.42. The molecule has 0 atom stereocenters. The first kappa shape index (κ1) is 12.1. The molecule has 0 radical (unpaired) electrons. The first-order valence-electron chi connectivity index (χ1n) is 5.54. The maximum Gasteiger partial charge on any atom is 0.265 e. The van der Waals surface area contributed by atoms with E-state index in [2.05, 4.69) is 4.99 Å². The third kappa shape index (κ3) is 2.07. The SMILES string of the molecule is CC1=NCCN1S(=O)(=O)c1ccc(C)c(C)c1. The van der Waals surface area contributed by atoms with Crippen LogP contribution in [0.2, 0.25) is 0 Å². The topological polar surface area (TPSA) is 49.7 Å². The largest absolute Gasteiger partial charge is 0.270 e. The van der Waals surface area contributed by atoms with Crippen LogP contribution in [0.1, 0.15) is 18.1 Å². The predicted molar refractivity (Wildman–Crippen MR) is 67.8 cm³/mol. The zero-order valence-corrected chi connectivity index (χ0v) is 11.1. The van der Waals surface area contributed by atoms with E-state index in [4.69, 9.17) is 0 Å². The molecule has 92 valence electrons. The average Bonchev–Trinajstić information content (AvgIpc) is 2.69. The minimum Gasteiger partial charge on any atom is -0.270 e. The second kappa shape index (κ2) is 4.14. The van der Waals surface area contributed by atoms with Crippen molar-refractivity contribution in [1.29, 1.82) is 0 Å². The van der Waals surface area contributed by atoms with Crippen LogP contribution in [0.15, 0.2) is 28.1 Å². The van der Waals surface area contributed by atoms with E-state index in [0.717, 1.165) is 11.1 Å². The van der Waals surface area contributed by atoms with Gasteiger partial charge in [-0.15, -0.1) is 0 Å². The standard InChI is InChI=1S/C12H16N2O2S/c1-9-4-5-12(8-10(9)2)17(15,16)14-7-6-13-11(14)3/h4-5,8H,6-7H2,1-3H3. The lowest BCUT2D eigenvalue weighted by Crippen LogP contribution is -2.32. The van der Waals surface area contributed by atoms with Crippen molar-refractivity contribution in [2.45, 2.75) is 25.7 Å². The summed E-state index contributed by atoms with van der Waals surface area (Å²) in [6.45, 7) is 6.61. The molecule has 0 aliphatic carbocycles. The first-order chi connectivity index (χ1) is 7.93. The van der Waals surface area contributed by atoms with Crippen LogP contribution >= 0.6 is 0 Å². The summed E-state index contributed by atoms with van der Waals surface area (Å²) in [5, 5.41) is 0. The maximum absolute atomic E-state index is 12.4. The van der Waals surface area contributed by atoms with Gasteiger partial charge in [-0.1, -0.05) is 6.07 Å². The summed E-state index contributed by atoms with van der Waals surface area (Å²) >= 11 is 0. The van der Waals surface area contributed by atoms with Crippen molar-refractivity contribution in [1.82, 2.24) is 4.31 Å². The number of aryl methyl sites for hydroxylation is 2. The summed E-state index contributed by atoms with van der Waals surface area (Å²) in [4.78, 5) is 4.46. The van der Waals surface area contributed by atoms with E-state index >= 15 is 0 Å². The fourth-order valence-corrected chi connectivity index (χ4v) is 3.39. The Morgan fingerprint density at radius 3 is 2.41 bits per heavy atom. The number of amidine groups is 1. The van der Waals surface area contributed by atoms with Gasteiger partial charge in [0.15, 0.2) is 0 Å². The smallest absolute Gasteiger partial charge is 0.265 e. The van der Waals surface area contributed by atoms with Crippen molar-refractivity contribution >= 4 is 15.9 Å². The molecular weight excluding hydrogens is 236 g/mol. The van der Waals surface area contributed by atoms with Crippen LogP contribution in [0.4, 0.5) is 0 Å². The van der Waals surface area contributed by atoms with E-state index in [9.17, 15) is 8.42 Å². The summed E-state index contributed by atoms with van der Waals surface area (Å²) < 4.78 is 26.1. The summed E-state index contributed by atoms with van der Waals surface area (Å²) in [5.74, 6) is 0.572. The first-order valence-corrected chi connectivity index (χ1v) is 6.98. The van der Waals surface area contributed by atoms with Crippen molar-refractivity contribution in [3.8, 4) is 0 Å². The molecule has 0 amide bonds. The monoisotopic (exact) mass is 252 g/mol. The predicted octanol–water partition coefficient (Wildman–Crippen LogP) is 1.73. The third-order valence-corrected chi connectivity index (χ3v) is 4.95. The molecule has 0 fully saturated rings. The molecule has 1 aliphatic rings. The highest BCUT2D eigenvalue weighted by Crippen LogP contribution is 2.21. The minimum atomic E-state index is -3.42. The second-order valence-corrected chi connectivity index (χ2v) is 6.11. The Morgan fingerprint density at radius 2 is 1.88 bits per heavy atom. The van der Waals surface area contributed by atoms with Crippen molar-refractivity contribution in [2.75, 3.05) is 13.1 Å². The molecule has 5 heteroatoms. The zero-order valence-electron chi connectivity index (χ0n) is 10.3. The van der Waals surface area contributed by atoms with Crippen LogP contribution < -0.4 is 0 Å². The van der Waals surface area contributed by atoms with Gasteiger partial charge in [0.05, 0.1) is 18.0 Å². The number of hydrogen-bond donors (Lipinski definition) is 0. The molecule has 1 aromatic carbocycles. The fraction of sp³-hybridized carbons (Fsp3) is 0.417. The number of aliphatic imine (C=N–C) groups is 1. The highest BCUT2D eigenvalue weighted by atomic mass is 32.2. The molecule has 0 aromatic heterocycles. The Bertz CT molecular complexity index is 576. The van der Waals surface area contributed by atoms with E-state index in [1.807, 2.05) is 19.9 Å². The molecule has 4 nitrogen and oxygen atoms in total. The van der Waals surface area contributed by atoms with Crippen LogP contribution in [0.3, 0.4) is 0 Å². The molecule has 1 aliphatic heterocycles. The van der Waals surface area contributed by atoms with Gasteiger partial charge in [-0.25, -0.2) is 8.42 Å².